The van der Waals surface area contributed by atoms with E-state index in [0.29, 0.717) is 6.04 Å². The van der Waals surface area contributed by atoms with E-state index < -0.39 is 0 Å². The Morgan fingerprint density at radius 1 is 1.28 bits per heavy atom. The number of aryl methyl sites for hydroxylation is 1. The van der Waals surface area contributed by atoms with Gasteiger partial charge < -0.3 is 14.8 Å². The van der Waals surface area contributed by atoms with Crippen molar-refractivity contribution in [3.05, 3.63) is 29.8 Å². The summed E-state index contributed by atoms with van der Waals surface area (Å²) in [6, 6.07) is 8.97. The molecule has 2 unspecified atom stereocenters. The Bertz CT molecular complexity index is 413. The number of para-hydroxylation sites is 1. The van der Waals surface area contributed by atoms with Gasteiger partial charge in [-0.1, -0.05) is 18.2 Å². The summed E-state index contributed by atoms with van der Waals surface area (Å²) in [6.45, 7) is 4.60. The first-order chi connectivity index (χ1) is 8.77. The third-order valence-electron chi connectivity index (χ3n) is 4.06. The Hall–Kier alpha value is -1.06. The molecule has 2 heterocycles. The summed E-state index contributed by atoms with van der Waals surface area (Å²) in [5.41, 5.74) is 2.54. The number of rotatable bonds is 2. The van der Waals surface area contributed by atoms with Crippen LogP contribution in [0.1, 0.15) is 24.8 Å². The standard InChI is InChI=1S/C15H21NO2/c1-12-4-2-3-5-14(12)16-13-6-8-18-15(10-13)7-9-17-11-15/h2-5,13,16H,6-11H2,1H3. The van der Waals surface area contributed by atoms with Crippen molar-refractivity contribution in [3.63, 3.8) is 0 Å². The molecule has 18 heavy (non-hydrogen) atoms. The predicted molar refractivity (Wildman–Crippen MR) is 71.9 cm³/mol. The van der Waals surface area contributed by atoms with Crippen LogP contribution in [0.2, 0.25) is 0 Å². The number of hydrogen-bond donors (Lipinski definition) is 1. The van der Waals surface area contributed by atoms with E-state index in [9.17, 15) is 0 Å². The van der Waals surface area contributed by atoms with Crippen LogP contribution < -0.4 is 5.32 Å². The normalized spacial score (nSPS) is 31.7. The molecule has 1 N–H and O–H groups in total. The van der Waals surface area contributed by atoms with Gasteiger partial charge in [-0.3, -0.25) is 0 Å². The summed E-state index contributed by atoms with van der Waals surface area (Å²) < 4.78 is 11.5. The van der Waals surface area contributed by atoms with Crippen LogP contribution >= 0.6 is 0 Å². The highest BCUT2D eigenvalue weighted by Crippen LogP contribution is 2.34. The molecule has 0 bridgehead atoms. The molecule has 2 saturated heterocycles. The lowest BCUT2D eigenvalue weighted by molar-refractivity contribution is -0.0828. The molecule has 1 spiro atoms. The zero-order valence-electron chi connectivity index (χ0n) is 10.9. The minimum absolute atomic E-state index is 0.0153. The second-order valence-electron chi connectivity index (χ2n) is 5.48. The minimum atomic E-state index is -0.0153. The molecule has 1 aromatic carbocycles. The number of hydrogen-bond acceptors (Lipinski definition) is 3. The van der Waals surface area contributed by atoms with Gasteiger partial charge in [-0.15, -0.1) is 0 Å². The molecule has 3 heteroatoms. The SMILES string of the molecule is Cc1ccccc1NC1CCOC2(CCOC2)C1. The molecule has 0 saturated carbocycles. The van der Waals surface area contributed by atoms with Crippen LogP contribution in [-0.2, 0) is 9.47 Å². The smallest absolute Gasteiger partial charge is 0.0956 e. The highest BCUT2D eigenvalue weighted by Gasteiger charge is 2.40. The molecule has 98 valence electrons. The van der Waals surface area contributed by atoms with E-state index in [-0.39, 0.29) is 5.60 Å². The van der Waals surface area contributed by atoms with Gasteiger partial charge in [0.2, 0.25) is 0 Å². The van der Waals surface area contributed by atoms with Crippen LogP contribution in [0, 0.1) is 6.92 Å². The van der Waals surface area contributed by atoms with Crippen LogP contribution in [-0.4, -0.2) is 31.5 Å². The molecular formula is C15H21NO2. The second-order valence-corrected chi connectivity index (χ2v) is 5.48. The number of anilines is 1. The highest BCUT2D eigenvalue weighted by atomic mass is 16.6. The Balaban J connectivity index is 1.68. The Morgan fingerprint density at radius 3 is 2.94 bits per heavy atom. The third-order valence-corrected chi connectivity index (χ3v) is 4.06. The fraction of sp³-hybridized carbons (Fsp3) is 0.600. The van der Waals surface area contributed by atoms with Crippen molar-refractivity contribution in [1.29, 1.82) is 0 Å². The van der Waals surface area contributed by atoms with Gasteiger partial charge in [-0.25, -0.2) is 0 Å². The van der Waals surface area contributed by atoms with Gasteiger partial charge in [0, 0.05) is 31.4 Å². The van der Waals surface area contributed by atoms with E-state index >= 15 is 0 Å². The molecule has 3 nitrogen and oxygen atoms in total. The van der Waals surface area contributed by atoms with Crippen LogP contribution in [0.25, 0.3) is 0 Å². The van der Waals surface area contributed by atoms with Gasteiger partial charge in [-0.2, -0.15) is 0 Å². The van der Waals surface area contributed by atoms with Crippen molar-refractivity contribution < 1.29 is 9.47 Å². The number of ether oxygens (including phenoxy) is 2. The monoisotopic (exact) mass is 247 g/mol. The fourth-order valence-electron chi connectivity index (χ4n) is 2.97. The van der Waals surface area contributed by atoms with Crippen molar-refractivity contribution in [1.82, 2.24) is 0 Å². The van der Waals surface area contributed by atoms with Gasteiger partial charge in [0.25, 0.3) is 0 Å². The van der Waals surface area contributed by atoms with Gasteiger partial charge in [0.15, 0.2) is 0 Å². The van der Waals surface area contributed by atoms with Gasteiger partial charge in [0.1, 0.15) is 0 Å². The van der Waals surface area contributed by atoms with E-state index in [4.69, 9.17) is 9.47 Å². The van der Waals surface area contributed by atoms with Gasteiger partial charge in [-0.05, 0) is 31.4 Å². The second kappa shape index (κ2) is 4.90. The largest absolute Gasteiger partial charge is 0.382 e. The Morgan fingerprint density at radius 2 is 2.17 bits per heavy atom. The molecule has 2 fully saturated rings. The maximum atomic E-state index is 5.96. The van der Waals surface area contributed by atoms with E-state index in [2.05, 4.69) is 36.5 Å². The average Bonchev–Trinajstić information content (AvgIpc) is 2.80. The summed E-state index contributed by atoms with van der Waals surface area (Å²) in [7, 11) is 0. The van der Waals surface area contributed by atoms with Crippen molar-refractivity contribution in [2.75, 3.05) is 25.1 Å². The zero-order chi connectivity index (χ0) is 12.4. The molecular weight excluding hydrogens is 226 g/mol. The maximum Gasteiger partial charge on any atom is 0.0956 e. The summed E-state index contributed by atoms with van der Waals surface area (Å²) in [5, 5.41) is 3.66. The molecule has 2 atom stereocenters. The minimum Gasteiger partial charge on any atom is -0.382 e. The molecule has 0 aliphatic carbocycles. The van der Waals surface area contributed by atoms with E-state index in [0.717, 1.165) is 39.1 Å². The third kappa shape index (κ3) is 2.38. The number of nitrogens with one attached hydrogen (secondary N) is 1. The maximum absolute atomic E-state index is 5.96. The lowest BCUT2D eigenvalue weighted by Crippen LogP contribution is -2.45. The predicted octanol–water partition coefficient (Wildman–Crippen LogP) is 2.75. The molecule has 0 amide bonds. The molecule has 0 radical (unpaired) electrons. The topological polar surface area (TPSA) is 30.5 Å². The summed E-state index contributed by atoms with van der Waals surface area (Å²) in [5.74, 6) is 0. The molecule has 2 aliphatic rings. The molecule has 1 aromatic rings. The summed E-state index contributed by atoms with van der Waals surface area (Å²) >= 11 is 0. The summed E-state index contributed by atoms with van der Waals surface area (Å²) in [4.78, 5) is 0. The molecule has 3 rings (SSSR count). The van der Waals surface area contributed by atoms with Crippen molar-refractivity contribution >= 4 is 5.69 Å². The Kier molecular flexibility index (Phi) is 3.27. The van der Waals surface area contributed by atoms with Crippen molar-refractivity contribution in [2.45, 2.75) is 37.8 Å². The van der Waals surface area contributed by atoms with Crippen LogP contribution in [0.4, 0.5) is 5.69 Å². The average molecular weight is 247 g/mol. The lowest BCUT2D eigenvalue weighted by atomic mass is 9.89. The quantitative estimate of drug-likeness (QED) is 0.871. The van der Waals surface area contributed by atoms with Crippen LogP contribution in [0.3, 0.4) is 0 Å². The van der Waals surface area contributed by atoms with E-state index in [1.165, 1.54) is 11.3 Å². The van der Waals surface area contributed by atoms with E-state index in [1.807, 2.05) is 0 Å². The lowest BCUT2D eigenvalue weighted by Gasteiger charge is -2.38. The van der Waals surface area contributed by atoms with Gasteiger partial charge in [0.05, 0.1) is 12.2 Å². The highest BCUT2D eigenvalue weighted by molar-refractivity contribution is 5.51. The van der Waals surface area contributed by atoms with Crippen LogP contribution in [0.5, 0.6) is 0 Å². The van der Waals surface area contributed by atoms with Crippen molar-refractivity contribution in [3.8, 4) is 0 Å². The van der Waals surface area contributed by atoms with Gasteiger partial charge >= 0.3 is 0 Å². The van der Waals surface area contributed by atoms with E-state index in [1.54, 1.807) is 0 Å². The van der Waals surface area contributed by atoms with Crippen LogP contribution in [0.15, 0.2) is 24.3 Å². The molecule has 0 aromatic heterocycles. The summed E-state index contributed by atoms with van der Waals surface area (Å²) in [6.07, 6.45) is 3.18. The molecule has 2 aliphatic heterocycles. The zero-order valence-corrected chi connectivity index (χ0v) is 10.9. The number of benzene rings is 1. The first kappa shape index (κ1) is 12.0. The first-order valence-corrected chi connectivity index (χ1v) is 6.81. The first-order valence-electron chi connectivity index (χ1n) is 6.81. The van der Waals surface area contributed by atoms with Crippen molar-refractivity contribution in [2.24, 2.45) is 0 Å². The fourth-order valence-corrected chi connectivity index (χ4v) is 2.97. The Labute approximate surface area is 108 Å².